The Morgan fingerprint density at radius 3 is 2.00 bits per heavy atom. The number of nitrogens with zero attached hydrogens (tertiary/aromatic N) is 2. The first-order valence-corrected chi connectivity index (χ1v) is 16.7. The van der Waals surface area contributed by atoms with Crippen molar-refractivity contribution >= 4 is 27.5 Å². The Labute approximate surface area is 271 Å². The van der Waals surface area contributed by atoms with E-state index in [0.717, 1.165) is 21.9 Å². The van der Waals surface area contributed by atoms with E-state index >= 15 is 0 Å². The maximum Gasteiger partial charge on any atom is 0.264 e. The monoisotopic (exact) mass is 643 g/mol. The first-order valence-electron chi connectivity index (χ1n) is 15.3. The average Bonchev–Trinajstić information content (AvgIpc) is 3.07. The van der Waals surface area contributed by atoms with Gasteiger partial charge >= 0.3 is 0 Å². The molecule has 9 nitrogen and oxygen atoms in total. The number of ether oxygens (including phenoxy) is 2. The number of nitrogens with one attached hydrogen (secondary N) is 1. The number of amides is 2. The van der Waals surface area contributed by atoms with Crippen molar-refractivity contribution in [3.8, 4) is 17.2 Å². The van der Waals surface area contributed by atoms with Crippen molar-refractivity contribution in [1.82, 2.24) is 10.2 Å². The summed E-state index contributed by atoms with van der Waals surface area (Å²) in [6, 6.07) is 28.6. The Morgan fingerprint density at radius 2 is 1.41 bits per heavy atom. The predicted octanol–water partition coefficient (Wildman–Crippen LogP) is 6.32. The van der Waals surface area contributed by atoms with Gasteiger partial charge in [0.05, 0.1) is 17.7 Å². The van der Waals surface area contributed by atoms with Crippen LogP contribution >= 0.6 is 0 Å². The summed E-state index contributed by atoms with van der Waals surface area (Å²) in [5, 5.41) is 2.90. The van der Waals surface area contributed by atoms with Crippen molar-refractivity contribution in [1.29, 1.82) is 0 Å². The van der Waals surface area contributed by atoms with E-state index in [9.17, 15) is 18.0 Å². The van der Waals surface area contributed by atoms with Crippen molar-refractivity contribution in [2.45, 2.75) is 51.1 Å². The fourth-order valence-corrected chi connectivity index (χ4v) is 6.30. The molecular weight excluding hydrogens is 602 g/mol. The summed E-state index contributed by atoms with van der Waals surface area (Å²) in [6.07, 6.45) is 1.08. The second-order valence-corrected chi connectivity index (χ2v) is 12.7. The summed E-state index contributed by atoms with van der Waals surface area (Å²) >= 11 is 0. The molecule has 46 heavy (non-hydrogen) atoms. The van der Waals surface area contributed by atoms with Gasteiger partial charge in [0.15, 0.2) is 0 Å². The number of benzene rings is 4. The molecule has 1 N–H and O–H groups in total. The van der Waals surface area contributed by atoms with Gasteiger partial charge in [0.1, 0.15) is 29.8 Å². The number of anilines is 1. The number of aryl methyl sites for hydroxylation is 1. The minimum atomic E-state index is -4.19. The van der Waals surface area contributed by atoms with Crippen LogP contribution in [0.4, 0.5) is 5.69 Å². The maximum atomic E-state index is 14.3. The van der Waals surface area contributed by atoms with Gasteiger partial charge in [-0.1, -0.05) is 61.9 Å². The number of hydrogen-bond acceptors (Lipinski definition) is 6. The van der Waals surface area contributed by atoms with Crippen molar-refractivity contribution in [2.75, 3.05) is 24.5 Å². The van der Waals surface area contributed by atoms with Crippen LogP contribution in [0.5, 0.6) is 17.2 Å². The Morgan fingerprint density at radius 1 is 0.804 bits per heavy atom. The van der Waals surface area contributed by atoms with Crippen molar-refractivity contribution in [3.63, 3.8) is 0 Å². The van der Waals surface area contributed by atoms with Crippen LogP contribution in [0.2, 0.25) is 0 Å². The third kappa shape index (κ3) is 8.66. The Kier molecular flexibility index (Phi) is 11.8. The minimum absolute atomic E-state index is 0.0462. The summed E-state index contributed by atoms with van der Waals surface area (Å²) in [5.41, 5.74) is 1.95. The molecule has 0 heterocycles. The first kappa shape index (κ1) is 34.1. The highest BCUT2D eigenvalue weighted by Gasteiger charge is 2.33. The lowest BCUT2D eigenvalue weighted by molar-refractivity contribution is -0.140. The molecule has 242 valence electrons. The molecule has 0 aliphatic heterocycles. The number of hydrogen-bond donors (Lipinski definition) is 1. The largest absolute Gasteiger partial charge is 0.497 e. The van der Waals surface area contributed by atoms with Gasteiger partial charge in [-0.25, -0.2) is 8.42 Å². The second kappa shape index (κ2) is 15.9. The second-order valence-electron chi connectivity index (χ2n) is 10.8. The number of carbonyl (C=O) groups excluding carboxylic acids is 2. The Hall–Kier alpha value is -4.83. The molecular formula is C36H41N3O6S. The topological polar surface area (TPSA) is 105 Å². The van der Waals surface area contributed by atoms with E-state index in [4.69, 9.17) is 9.47 Å². The van der Waals surface area contributed by atoms with Gasteiger partial charge in [-0.15, -0.1) is 0 Å². The molecule has 4 rings (SSSR count). The van der Waals surface area contributed by atoms with Crippen LogP contribution < -0.4 is 19.1 Å². The van der Waals surface area contributed by atoms with Gasteiger partial charge in [0, 0.05) is 13.1 Å². The molecule has 0 saturated heterocycles. The third-order valence-corrected chi connectivity index (χ3v) is 9.23. The van der Waals surface area contributed by atoms with Crippen molar-refractivity contribution in [3.05, 3.63) is 114 Å². The highest BCUT2D eigenvalue weighted by atomic mass is 32.2. The fourth-order valence-electron chi connectivity index (χ4n) is 4.88. The lowest BCUT2D eigenvalue weighted by atomic mass is 10.1. The molecule has 4 aromatic rings. The zero-order chi connectivity index (χ0) is 33.1. The highest BCUT2D eigenvalue weighted by molar-refractivity contribution is 7.92. The predicted molar refractivity (Wildman–Crippen MR) is 180 cm³/mol. The molecule has 0 aliphatic carbocycles. The Bertz CT molecular complexity index is 1680. The van der Waals surface area contributed by atoms with Gasteiger partial charge in [-0.2, -0.15) is 0 Å². The molecule has 0 aliphatic rings. The Balaban J connectivity index is 1.71. The number of carbonyl (C=O) groups is 2. The maximum absolute atomic E-state index is 14.3. The van der Waals surface area contributed by atoms with E-state index in [0.29, 0.717) is 30.2 Å². The van der Waals surface area contributed by atoms with E-state index in [-0.39, 0.29) is 23.0 Å². The lowest BCUT2D eigenvalue weighted by Crippen LogP contribution is -2.52. The van der Waals surface area contributed by atoms with Gasteiger partial charge in [-0.3, -0.25) is 13.9 Å². The van der Waals surface area contributed by atoms with Crippen molar-refractivity contribution in [2.24, 2.45) is 0 Å². The summed E-state index contributed by atoms with van der Waals surface area (Å²) in [6.45, 7) is 5.69. The molecule has 10 heteroatoms. The van der Waals surface area contributed by atoms with Gasteiger partial charge in [-0.05, 0) is 86.0 Å². The van der Waals surface area contributed by atoms with Gasteiger partial charge in [0.25, 0.3) is 10.0 Å². The average molecular weight is 644 g/mol. The standard InChI is InChI=1S/C36H41N3O6S/c1-5-24-37-36(41)34(6-2)38(25-28-14-18-30(44-4)19-15-28)35(40)26-39(46(42,43)33-22-12-27(3)13-23-33)29-16-20-32(21-17-29)45-31-10-8-7-9-11-31/h7-23,34H,5-6,24-26H2,1-4H3,(H,37,41)/t34-/m1/s1. The van der Waals surface area contributed by atoms with E-state index in [1.165, 1.54) is 17.0 Å². The molecule has 1 atom stereocenters. The number of methoxy groups -OCH3 is 1. The zero-order valence-corrected chi connectivity index (χ0v) is 27.5. The molecule has 2 amide bonds. The quantitative estimate of drug-likeness (QED) is 0.163. The summed E-state index contributed by atoms with van der Waals surface area (Å²) in [4.78, 5) is 29.1. The molecule has 0 saturated carbocycles. The fraction of sp³-hybridized carbons (Fsp3) is 0.278. The minimum Gasteiger partial charge on any atom is -0.497 e. The highest BCUT2D eigenvalue weighted by Crippen LogP contribution is 2.29. The number of para-hydroxylation sites is 1. The number of rotatable bonds is 15. The summed E-state index contributed by atoms with van der Waals surface area (Å²) < 4.78 is 40.6. The molecule has 0 spiro atoms. The van der Waals surface area contributed by atoms with Crippen LogP contribution in [0.1, 0.15) is 37.8 Å². The normalized spacial score (nSPS) is 11.7. The van der Waals surface area contributed by atoms with Gasteiger partial charge in [0.2, 0.25) is 11.8 Å². The van der Waals surface area contributed by atoms with Crippen LogP contribution in [0.25, 0.3) is 0 Å². The van der Waals surface area contributed by atoms with Crippen molar-refractivity contribution < 1.29 is 27.5 Å². The van der Waals surface area contributed by atoms with Crippen LogP contribution in [-0.2, 0) is 26.2 Å². The first-order chi connectivity index (χ1) is 22.2. The van der Waals surface area contributed by atoms with Crippen LogP contribution in [0.15, 0.2) is 108 Å². The SMILES string of the molecule is CCCNC(=O)[C@@H](CC)N(Cc1ccc(OC)cc1)C(=O)CN(c1ccc(Oc2ccccc2)cc1)S(=O)(=O)c1ccc(C)cc1. The smallest absolute Gasteiger partial charge is 0.264 e. The molecule has 0 radical (unpaired) electrons. The van der Waals surface area contributed by atoms with E-state index < -0.39 is 28.5 Å². The van der Waals surface area contributed by atoms with Gasteiger partial charge < -0.3 is 19.7 Å². The summed E-state index contributed by atoms with van der Waals surface area (Å²) in [5.74, 6) is 0.991. The number of sulfonamides is 1. The lowest BCUT2D eigenvalue weighted by Gasteiger charge is -2.33. The molecule has 0 unspecified atom stereocenters. The molecule has 0 fully saturated rings. The molecule has 4 aromatic carbocycles. The summed E-state index contributed by atoms with van der Waals surface area (Å²) in [7, 11) is -2.62. The van der Waals surface area contributed by atoms with Crippen LogP contribution in [0, 0.1) is 6.92 Å². The van der Waals surface area contributed by atoms with Crippen LogP contribution in [-0.4, -0.2) is 51.4 Å². The molecule has 0 aromatic heterocycles. The molecule has 0 bridgehead atoms. The van der Waals surface area contributed by atoms with E-state index in [1.807, 2.05) is 63.2 Å². The third-order valence-electron chi connectivity index (χ3n) is 7.44. The zero-order valence-electron chi connectivity index (χ0n) is 26.7. The van der Waals surface area contributed by atoms with Crippen LogP contribution in [0.3, 0.4) is 0 Å². The van der Waals surface area contributed by atoms with E-state index in [2.05, 4.69) is 5.32 Å². The van der Waals surface area contributed by atoms with E-state index in [1.54, 1.807) is 55.6 Å².